The van der Waals surface area contributed by atoms with E-state index in [2.05, 4.69) is 5.32 Å². The summed E-state index contributed by atoms with van der Waals surface area (Å²) in [7, 11) is -1.16. The van der Waals surface area contributed by atoms with Crippen LogP contribution in [0, 0.1) is 5.82 Å². The Kier molecular flexibility index (Phi) is 8.76. The van der Waals surface area contributed by atoms with Gasteiger partial charge in [-0.3, -0.25) is 4.79 Å². The molecular weight excluding hydrogens is 437 g/mol. The summed E-state index contributed by atoms with van der Waals surface area (Å²) in [6.07, 6.45) is 0. The molecule has 0 atom stereocenters. The highest BCUT2D eigenvalue weighted by atomic mass is 35.5. The van der Waals surface area contributed by atoms with Gasteiger partial charge in [0.05, 0.1) is 5.69 Å². The largest absolute Gasteiger partial charge is 0.354 e. The zero-order valence-electron chi connectivity index (χ0n) is 16.1. The SMILES string of the molecule is CN(C)S(=O)(=O)N(CC(=O)NCCSCc1ccc(Cl)cc1)c1ccc(F)cc1. The van der Waals surface area contributed by atoms with Gasteiger partial charge in [0.2, 0.25) is 5.91 Å². The van der Waals surface area contributed by atoms with Crippen LogP contribution in [0.5, 0.6) is 0 Å². The summed E-state index contributed by atoms with van der Waals surface area (Å²) in [5.74, 6) is 0.528. The van der Waals surface area contributed by atoms with Gasteiger partial charge >= 0.3 is 10.2 Å². The van der Waals surface area contributed by atoms with Crippen molar-refractivity contribution in [3.05, 3.63) is 64.9 Å². The van der Waals surface area contributed by atoms with Gasteiger partial charge in [0.25, 0.3) is 0 Å². The molecular formula is C19H23ClFN3O3S2. The first-order valence-electron chi connectivity index (χ1n) is 8.75. The Balaban J connectivity index is 1.89. The van der Waals surface area contributed by atoms with Gasteiger partial charge in [0.1, 0.15) is 12.4 Å². The van der Waals surface area contributed by atoms with Crippen LogP contribution in [-0.4, -0.2) is 51.6 Å². The van der Waals surface area contributed by atoms with E-state index < -0.39 is 28.5 Å². The van der Waals surface area contributed by atoms with Gasteiger partial charge < -0.3 is 5.32 Å². The van der Waals surface area contributed by atoms with Crippen LogP contribution in [0.3, 0.4) is 0 Å². The van der Waals surface area contributed by atoms with Gasteiger partial charge in [-0.15, -0.1) is 0 Å². The standard InChI is InChI=1S/C19H23ClFN3O3S2/c1-23(2)29(26,27)24(18-9-7-17(21)8-10-18)13-19(25)22-11-12-28-14-15-3-5-16(20)6-4-15/h3-10H,11-14H2,1-2H3,(H,22,25). The zero-order valence-corrected chi connectivity index (χ0v) is 18.5. The number of hydrogen-bond acceptors (Lipinski definition) is 4. The van der Waals surface area contributed by atoms with Crippen molar-refractivity contribution in [1.82, 2.24) is 9.62 Å². The minimum Gasteiger partial charge on any atom is -0.354 e. The lowest BCUT2D eigenvalue weighted by molar-refractivity contribution is -0.119. The topological polar surface area (TPSA) is 69.7 Å². The Labute approximate surface area is 180 Å². The molecule has 0 fully saturated rings. The Hall–Kier alpha value is -1.81. The molecule has 0 aliphatic rings. The molecule has 0 bridgehead atoms. The third-order valence-electron chi connectivity index (χ3n) is 3.89. The summed E-state index contributed by atoms with van der Waals surface area (Å²) in [5, 5.41) is 3.41. The molecule has 0 aromatic heterocycles. The second kappa shape index (κ2) is 10.8. The van der Waals surface area contributed by atoms with Crippen LogP contribution < -0.4 is 9.62 Å². The monoisotopic (exact) mass is 459 g/mol. The number of nitrogens with zero attached hydrogens (tertiary/aromatic N) is 2. The number of hydrogen-bond donors (Lipinski definition) is 1. The van der Waals surface area contributed by atoms with Crippen molar-refractivity contribution in [2.45, 2.75) is 5.75 Å². The Morgan fingerprint density at radius 1 is 1.10 bits per heavy atom. The smallest absolute Gasteiger partial charge is 0.304 e. The quantitative estimate of drug-likeness (QED) is 0.554. The van der Waals surface area contributed by atoms with Crippen molar-refractivity contribution in [3.8, 4) is 0 Å². The van der Waals surface area contributed by atoms with E-state index in [4.69, 9.17) is 11.6 Å². The molecule has 0 unspecified atom stereocenters. The summed E-state index contributed by atoms with van der Waals surface area (Å²) in [6, 6.07) is 12.5. The summed E-state index contributed by atoms with van der Waals surface area (Å²) < 4.78 is 40.3. The van der Waals surface area contributed by atoms with E-state index in [0.717, 1.165) is 32.1 Å². The highest BCUT2D eigenvalue weighted by Crippen LogP contribution is 2.20. The molecule has 6 nitrogen and oxygen atoms in total. The van der Waals surface area contributed by atoms with Crippen molar-refractivity contribution in [2.24, 2.45) is 0 Å². The number of amides is 1. The molecule has 1 amide bonds. The Morgan fingerprint density at radius 2 is 1.72 bits per heavy atom. The number of thioether (sulfide) groups is 1. The zero-order chi connectivity index (χ0) is 21.4. The first-order valence-corrected chi connectivity index (χ1v) is 11.7. The highest BCUT2D eigenvalue weighted by Gasteiger charge is 2.27. The predicted octanol–water partition coefficient (Wildman–Crippen LogP) is 3.14. The predicted molar refractivity (Wildman–Crippen MR) is 117 cm³/mol. The van der Waals surface area contributed by atoms with Crippen LogP contribution in [0.2, 0.25) is 5.02 Å². The van der Waals surface area contributed by atoms with Crippen molar-refractivity contribution in [1.29, 1.82) is 0 Å². The molecule has 2 aromatic carbocycles. The normalized spacial score (nSPS) is 11.5. The van der Waals surface area contributed by atoms with Gasteiger partial charge in [-0.05, 0) is 42.0 Å². The number of nitrogens with one attached hydrogen (secondary N) is 1. The maximum atomic E-state index is 13.2. The van der Waals surface area contributed by atoms with Crippen LogP contribution in [0.4, 0.5) is 10.1 Å². The second-order valence-electron chi connectivity index (χ2n) is 6.30. The van der Waals surface area contributed by atoms with Crippen molar-refractivity contribution < 1.29 is 17.6 Å². The van der Waals surface area contributed by atoms with Crippen molar-refractivity contribution in [3.63, 3.8) is 0 Å². The van der Waals surface area contributed by atoms with E-state index in [1.54, 1.807) is 11.8 Å². The van der Waals surface area contributed by atoms with Gasteiger partial charge in [-0.25, -0.2) is 8.70 Å². The lowest BCUT2D eigenvalue weighted by atomic mass is 10.2. The fourth-order valence-corrected chi connectivity index (χ4v) is 4.34. The minimum absolute atomic E-state index is 0.215. The molecule has 0 saturated carbocycles. The molecule has 0 aliphatic carbocycles. The maximum Gasteiger partial charge on any atom is 0.304 e. The summed E-state index contributed by atoms with van der Waals surface area (Å²) in [5.41, 5.74) is 1.35. The lowest BCUT2D eigenvalue weighted by Crippen LogP contribution is -2.46. The molecule has 1 N–H and O–H groups in total. The third-order valence-corrected chi connectivity index (χ3v) is 6.99. The highest BCUT2D eigenvalue weighted by molar-refractivity contribution is 7.98. The molecule has 0 aliphatic heterocycles. The summed E-state index contributed by atoms with van der Waals surface area (Å²) in [4.78, 5) is 12.3. The van der Waals surface area contributed by atoms with Crippen molar-refractivity contribution >= 4 is 45.2 Å². The number of carbonyl (C=O) groups excluding carboxylic acids is 1. The van der Waals surface area contributed by atoms with Gasteiger partial charge in [0, 0.05) is 37.2 Å². The Bertz CT molecular complexity index is 907. The molecule has 10 heteroatoms. The molecule has 2 aromatic rings. The second-order valence-corrected chi connectivity index (χ2v) is 9.91. The fourth-order valence-electron chi connectivity index (χ4n) is 2.33. The van der Waals surface area contributed by atoms with E-state index in [9.17, 15) is 17.6 Å². The number of carbonyl (C=O) groups is 1. The third kappa shape index (κ3) is 7.18. The van der Waals surface area contributed by atoms with Gasteiger partial charge in [-0.1, -0.05) is 23.7 Å². The first-order chi connectivity index (χ1) is 13.7. The number of benzene rings is 2. The number of halogens is 2. The van der Waals surface area contributed by atoms with Crippen molar-refractivity contribution in [2.75, 3.05) is 37.2 Å². The molecule has 0 radical (unpaired) electrons. The van der Waals surface area contributed by atoms with E-state index in [1.807, 2.05) is 24.3 Å². The van der Waals surface area contributed by atoms with E-state index in [1.165, 1.54) is 26.2 Å². The Morgan fingerprint density at radius 3 is 2.31 bits per heavy atom. The average molecular weight is 460 g/mol. The molecule has 158 valence electrons. The van der Waals surface area contributed by atoms with E-state index in [-0.39, 0.29) is 5.69 Å². The first kappa shape index (κ1) is 23.5. The van der Waals surface area contributed by atoms with E-state index in [0.29, 0.717) is 17.3 Å². The number of anilines is 1. The van der Waals surface area contributed by atoms with Crippen LogP contribution in [0.25, 0.3) is 0 Å². The fraction of sp³-hybridized carbons (Fsp3) is 0.316. The maximum absolute atomic E-state index is 13.2. The molecule has 0 heterocycles. The van der Waals surface area contributed by atoms with Gasteiger partial charge in [-0.2, -0.15) is 24.5 Å². The number of rotatable bonds is 10. The summed E-state index contributed by atoms with van der Waals surface area (Å²) >= 11 is 7.49. The molecule has 29 heavy (non-hydrogen) atoms. The molecule has 2 rings (SSSR count). The van der Waals surface area contributed by atoms with E-state index >= 15 is 0 Å². The molecule has 0 saturated heterocycles. The minimum atomic E-state index is -3.91. The van der Waals surface area contributed by atoms with Gasteiger partial charge in [0.15, 0.2) is 0 Å². The average Bonchev–Trinajstić information content (AvgIpc) is 2.68. The van der Waals surface area contributed by atoms with Crippen LogP contribution in [0.15, 0.2) is 48.5 Å². The molecule has 0 spiro atoms. The van der Waals surface area contributed by atoms with Crippen LogP contribution >= 0.6 is 23.4 Å². The summed E-state index contributed by atoms with van der Waals surface area (Å²) in [6.45, 7) is 0.00432. The van der Waals surface area contributed by atoms with Crippen LogP contribution in [-0.2, 0) is 20.8 Å². The van der Waals surface area contributed by atoms with Crippen LogP contribution in [0.1, 0.15) is 5.56 Å². The lowest BCUT2D eigenvalue weighted by Gasteiger charge is -2.26.